The Morgan fingerprint density at radius 1 is 1.43 bits per heavy atom. The van der Waals surface area contributed by atoms with Gasteiger partial charge in [-0.3, -0.25) is 4.79 Å². The molecule has 0 aliphatic carbocycles. The smallest absolute Gasteiger partial charge is 0.490 e. The lowest BCUT2D eigenvalue weighted by Gasteiger charge is -2.28. The number of nitrogens with zero attached hydrogens (tertiary/aromatic N) is 2. The van der Waals surface area contributed by atoms with Gasteiger partial charge in [-0.15, -0.1) is 0 Å². The van der Waals surface area contributed by atoms with Crippen molar-refractivity contribution in [1.82, 2.24) is 14.6 Å². The number of carbonyl (C=O) groups excluding carboxylic acids is 1. The highest BCUT2D eigenvalue weighted by molar-refractivity contribution is 7.90. The Labute approximate surface area is 166 Å². The molecule has 160 valence electrons. The van der Waals surface area contributed by atoms with Crippen molar-refractivity contribution in [2.45, 2.75) is 38.4 Å². The van der Waals surface area contributed by atoms with Crippen molar-refractivity contribution >= 4 is 27.5 Å². The fraction of sp³-hybridized carbons (Fsp3) is 0.600. The number of pyridine rings is 1. The van der Waals surface area contributed by atoms with E-state index < -0.39 is 34.9 Å². The van der Waals surface area contributed by atoms with Gasteiger partial charge < -0.3 is 14.8 Å². The molecule has 1 N–H and O–H groups in total. The first-order chi connectivity index (χ1) is 12.9. The van der Waals surface area contributed by atoms with Gasteiger partial charge in [-0.25, -0.2) is 13.4 Å². The zero-order valence-corrected chi connectivity index (χ0v) is 17.0. The Kier molecular flexibility index (Phi) is 8.92. The third kappa shape index (κ3) is 6.47. The molecule has 1 aromatic rings. The van der Waals surface area contributed by atoms with Crippen molar-refractivity contribution in [2.24, 2.45) is 0 Å². The Bertz CT molecular complexity index is 777. The molecule has 0 aromatic carbocycles. The highest BCUT2D eigenvalue weighted by Gasteiger charge is 2.51. The second-order valence-electron chi connectivity index (χ2n) is 5.67. The van der Waals surface area contributed by atoms with Gasteiger partial charge in [0.15, 0.2) is 0 Å². The molecule has 1 aromatic heterocycles. The molecule has 13 heteroatoms. The summed E-state index contributed by atoms with van der Waals surface area (Å²) in [6, 6.07) is 0.266. The summed E-state index contributed by atoms with van der Waals surface area (Å²) < 4.78 is 71.9. The number of rotatable bonds is 10. The first-order valence-corrected chi connectivity index (χ1v) is 9.86. The van der Waals surface area contributed by atoms with Gasteiger partial charge >= 0.3 is 15.5 Å². The van der Waals surface area contributed by atoms with E-state index in [-0.39, 0.29) is 34.1 Å². The van der Waals surface area contributed by atoms with Gasteiger partial charge in [0.1, 0.15) is 24.2 Å². The first-order valence-electron chi connectivity index (χ1n) is 8.05. The van der Waals surface area contributed by atoms with Gasteiger partial charge in [0.25, 0.3) is 0 Å². The van der Waals surface area contributed by atoms with Gasteiger partial charge in [-0.1, -0.05) is 18.5 Å². The monoisotopic (exact) mass is 447 g/mol. The maximum Gasteiger partial charge on any atom is 0.511 e. The maximum atomic E-state index is 12.8. The Hall–Kier alpha value is -1.63. The van der Waals surface area contributed by atoms with Crippen molar-refractivity contribution in [3.63, 3.8) is 0 Å². The average Bonchev–Trinajstić information content (AvgIpc) is 2.62. The zero-order valence-electron chi connectivity index (χ0n) is 15.4. The second-order valence-corrected chi connectivity index (χ2v) is 7.91. The Balaban J connectivity index is 2.87. The molecule has 0 aliphatic heterocycles. The van der Waals surface area contributed by atoms with Crippen molar-refractivity contribution in [3.8, 4) is 5.75 Å². The van der Waals surface area contributed by atoms with Crippen LogP contribution in [0.3, 0.4) is 0 Å². The summed E-state index contributed by atoms with van der Waals surface area (Å²) in [6.45, 7) is 1.82. The summed E-state index contributed by atoms with van der Waals surface area (Å²) >= 11 is 5.94. The minimum Gasteiger partial charge on any atom is -0.490 e. The van der Waals surface area contributed by atoms with E-state index in [1.807, 2.05) is 0 Å². The molecule has 0 radical (unpaired) electrons. The van der Waals surface area contributed by atoms with Gasteiger partial charge in [0, 0.05) is 25.6 Å². The van der Waals surface area contributed by atoms with Crippen LogP contribution in [0.2, 0.25) is 5.15 Å². The zero-order chi connectivity index (χ0) is 21.5. The number of alkyl halides is 3. The third-order valence-electron chi connectivity index (χ3n) is 3.52. The van der Waals surface area contributed by atoms with E-state index in [2.05, 4.69) is 15.0 Å². The van der Waals surface area contributed by atoms with Crippen LogP contribution in [0.4, 0.5) is 13.2 Å². The highest BCUT2D eigenvalue weighted by Crippen LogP contribution is 2.28. The molecule has 0 unspecified atom stereocenters. The van der Waals surface area contributed by atoms with Crippen molar-refractivity contribution in [1.29, 1.82) is 0 Å². The van der Waals surface area contributed by atoms with Crippen molar-refractivity contribution in [3.05, 3.63) is 23.0 Å². The second kappa shape index (κ2) is 10.2. The molecular weight excluding hydrogens is 427 g/mol. The van der Waals surface area contributed by atoms with Crippen LogP contribution in [0, 0.1) is 0 Å². The molecule has 0 fully saturated rings. The van der Waals surface area contributed by atoms with Crippen LogP contribution in [0.5, 0.6) is 5.75 Å². The first kappa shape index (κ1) is 24.4. The quantitative estimate of drug-likeness (QED) is 0.436. The lowest BCUT2D eigenvalue weighted by molar-refractivity contribution is -0.120. The molecule has 8 nitrogen and oxygen atoms in total. The largest absolute Gasteiger partial charge is 0.511 e. The highest BCUT2D eigenvalue weighted by atomic mass is 35.5. The van der Waals surface area contributed by atoms with Gasteiger partial charge in [-0.05, 0) is 13.0 Å². The molecular formula is C15H21ClF3N3O5S. The number of hydrogen-bond acceptors (Lipinski definition) is 6. The van der Waals surface area contributed by atoms with Crippen LogP contribution >= 0.6 is 11.6 Å². The minimum absolute atomic E-state index is 0.0868. The topological polar surface area (TPSA) is 97.8 Å². The molecule has 0 aliphatic rings. The number of halogens is 4. The number of methoxy groups -OCH3 is 1. The van der Waals surface area contributed by atoms with E-state index in [1.165, 1.54) is 19.2 Å². The van der Waals surface area contributed by atoms with Crippen LogP contribution in [-0.4, -0.2) is 55.6 Å². The fourth-order valence-corrected chi connectivity index (χ4v) is 3.20. The van der Waals surface area contributed by atoms with Crippen LogP contribution in [-0.2, 0) is 26.1 Å². The van der Waals surface area contributed by atoms with Crippen LogP contribution in [0.25, 0.3) is 0 Å². The number of sulfonamides is 1. The van der Waals surface area contributed by atoms with E-state index in [0.29, 0.717) is 5.56 Å². The SMILES string of the molecule is CCC(=O)NCc1cc(OC[C@H](C)N(COC)S(=O)(=O)C(F)(F)F)cnc1Cl. The van der Waals surface area contributed by atoms with Crippen molar-refractivity contribution in [2.75, 3.05) is 20.4 Å². The molecule has 1 amide bonds. The van der Waals surface area contributed by atoms with Crippen LogP contribution in [0.1, 0.15) is 25.8 Å². The number of aromatic nitrogens is 1. The summed E-state index contributed by atoms with van der Waals surface area (Å²) in [7, 11) is -4.52. The predicted octanol–water partition coefficient (Wildman–Crippen LogP) is 2.28. The number of nitrogens with one attached hydrogen (secondary N) is 1. The van der Waals surface area contributed by atoms with Crippen LogP contribution < -0.4 is 10.1 Å². The predicted molar refractivity (Wildman–Crippen MR) is 95.0 cm³/mol. The average molecular weight is 448 g/mol. The van der Waals surface area contributed by atoms with Gasteiger partial charge in [0.05, 0.1) is 12.2 Å². The van der Waals surface area contributed by atoms with E-state index in [0.717, 1.165) is 7.11 Å². The minimum atomic E-state index is -5.60. The summed E-state index contributed by atoms with van der Waals surface area (Å²) in [5.41, 5.74) is -5.03. The van der Waals surface area contributed by atoms with Crippen LogP contribution in [0.15, 0.2) is 12.3 Å². The number of ether oxygens (including phenoxy) is 2. The van der Waals surface area contributed by atoms with E-state index in [4.69, 9.17) is 16.3 Å². The summed E-state index contributed by atoms with van der Waals surface area (Å²) in [6.07, 6.45) is 1.51. The van der Waals surface area contributed by atoms with Gasteiger partial charge in [-0.2, -0.15) is 17.5 Å². The van der Waals surface area contributed by atoms with Crippen molar-refractivity contribution < 1.29 is 35.9 Å². The molecule has 0 spiro atoms. The molecule has 28 heavy (non-hydrogen) atoms. The third-order valence-corrected chi connectivity index (χ3v) is 5.53. The lowest BCUT2D eigenvalue weighted by atomic mass is 10.2. The molecule has 0 saturated carbocycles. The molecule has 1 atom stereocenters. The standard InChI is InChI=1S/C15H21ClF3N3O5S/c1-4-13(23)20-6-11-5-12(7-21-14(11)16)27-8-10(2)22(9-26-3)28(24,25)15(17,18)19/h5,7,10H,4,6,8-9H2,1-3H3,(H,20,23)/t10-/m0/s1. The Morgan fingerprint density at radius 2 is 2.07 bits per heavy atom. The molecule has 1 heterocycles. The maximum absolute atomic E-state index is 12.8. The fourth-order valence-electron chi connectivity index (χ4n) is 1.99. The number of hydrogen-bond donors (Lipinski definition) is 1. The summed E-state index contributed by atoms with van der Waals surface area (Å²) in [4.78, 5) is 15.2. The number of amides is 1. The normalized spacial score (nSPS) is 13.4. The van der Waals surface area contributed by atoms with E-state index in [9.17, 15) is 26.4 Å². The summed E-state index contributed by atoms with van der Waals surface area (Å²) in [5, 5.41) is 2.73. The van der Waals surface area contributed by atoms with E-state index in [1.54, 1.807) is 6.92 Å². The number of carbonyl (C=O) groups is 1. The molecule has 0 saturated heterocycles. The van der Waals surface area contributed by atoms with Gasteiger partial charge in [0.2, 0.25) is 5.91 Å². The molecule has 0 bridgehead atoms. The summed E-state index contributed by atoms with van der Waals surface area (Å²) in [5.74, 6) is -0.0534. The lowest BCUT2D eigenvalue weighted by Crippen LogP contribution is -2.48. The molecule has 1 rings (SSSR count). The Morgan fingerprint density at radius 3 is 2.61 bits per heavy atom. The van der Waals surface area contributed by atoms with E-state index >= 15 is 0 Å².